The minimum absolute atomic E-state index is 0.0765. The van der Waals surface area contributed by atoms with Gasteiger partial charge in [-0.2, -0.15) is 17.5 Å². The molecule has 144 valence electrons. The zero-order chi connectivity index (χ0) is 19.1. The molecule has 0 radical (unpaired) electrons. The summed E-state index contributed by atoms with van der Waals surface area (Å²) >= 11 is 0. The Balaban J connectivity index is 1.99. The minimum atomic E-state index is -4.72. The number of rotatable bonds is 3. The van der Waals surface area contributed by atoms with Gasteiger partial charge in [-0.1, -0.05) is 0 Å². The number of carboxylic acids is 1. The van der Waals surface area contributed by atoms with Crippen molar-refractivity contribution in [3.8, 4) is 5.75 Å². The Morgan fingerprint density at radius 3 is 2.46 bits per heavy atom. The summed E-state index contributed by atoms with van der Waals surface area (Å²) in [5.41, 5.74) is -0.0765. The number of aliphatic carboxylic acids is 1. The van der Waals surface area contributed by atoms with Crippen molar-refractivity contribution in [1.29, 1.82) is 0 Å². The van der Waals surface area contributed by atoms with Crippen LogP contribution in [0, 0.1) is 0 Å². The van der Waals surface area contributed by atoms with Crippen molar-refractivity contribution in [2.45, 2.75) is 29.5 Å². The molecular weight excluding hydrogens is 379 g/mol. The van der Waals surface area contributed by atoms with Gasteiger partial charge in [-0.15, -0.1) is 0 Å². The lowest BCUT2D eigenvalue weighted by atomic mass is 9.89. The third-order valence-electron chi connectivity index (χ3n) is 4.35. The van der Waals surface area contributed by atoms with Crippen LogP contribution in [0.3, 0.4) is 0 Å². The molecule has 1 saturated heterocycles. The number of nitrogens with zero attached hydrogens (tertiary/aromatic N) is 1. The molecule has 1 N–H and O–H groups in total. The Morgan fingerprint density at radius 2 is 1.88 bits per heavy atom. The third kappa shape index (κ3) is 3.51. The lowest BCUT2D eigenvalue weighted by molar-refractivity contribution is -0.201. The van der Waals surface area contributed by atoms with Gasteiger partial charge >= 0.3 is 12.1 Å². The molecule has 3 rings (SSSR count). The van der Waals surface area contributed by atoms with E-state index in [9.17, 15) is 31.5 Å². The van der Waals surface area contributed by atoms with Crippen LogP contribution in [0.1, 0.15) is 17.9 Å². The molecule has 2 heterocycles. The highest BCUT2D eigenvalue weighted by molar-refractivity contribution is 7.89. The second kappa shape index (κ2) is 6.71. The first-order valence-corrected chi connectivity index (χ1v) is 9.22. The van der Waals surface area contributed by atoms with E-state index in [1.807, 2.05) is 0 Å². The lowest BCUT2D eigenvalue weighted by Gasteiger charge is -2.32. The number of hydrogen-bond acceptors (Lipinski definition) is 5. The smallest absolute Gasteiger partial charge is 0.425 e. The molecule has 2 atom stereocenters. The molecule has 0 bridgehead atoms. The van der Waals surface area contributed by atoms with Crippen LogP contribution in [-0.2, 0) is 19.6 Å². The van der Waals surface area contributed by atoms with E-state index in [2.05, 4.69) is 0 Å². The first kappa shape index (κ1) is 18.9. The number of halogens is 3. The van der Waals surface area contributed by atoms with Gasteiger partial charge in [-0.05, 0) is 18.2 Å². The maximum atomic E-state index is 13.0. The van der Waals surface area contributed by atoms with E-state index in [1.165, 1.54) is 4.31 Å². The summed E-state index contributed by atoms with van der Waals surface area (Å²) < 4.78 is 75.4. The fraction of sp³-hybridized carbons (Fsp3) is 0.533. The van der Waals surface area contributed by atoms with Crippen molar-refractivity contribution >= 4 is 16.0 Å². The number of carboxylic acid groups (broad SMARTS) is 1. The minimum Gasteiger partial charge on any atom is -0.481 e. The number of sulfonamides is 1. The van der Waals surface area contributed by atoms with Gasteiger partial charge in [0.25, 0.3) is 0 Å². The largest absolute Gasteiger partial charge is 0.481 e. The molecule has 0 saturated carbocycles. The van der Waals surface area contributed by atoms with Crippen LogP contribution in [0.5, 0.6) is 5.75 Å². The number of fused-ring (bicyclic) bond motifs is 1. The third-order valence-corrected chi connectivity index (χ3v) is 6.24. The quantitative estimate of drug-likeness (QED) is 0.836. The monoisotopic (exact) mass is 395 g/mol. The topological polar surface area (TPSA) is 93.1 Å². The second-order valence-corrected chi connectivity index (χ2v) is 7.93. The lowest BCUT2D eigenvalue weighted by Crippen LogP contribution is -2.41. The van der Waals surface area contributed by atoms with E-state index in [1.54, 1.807) is 0 Å². The maximum absolute atomic E-state index is 13.0. The molecule has 2 aliphatic rings. The van der Waals surface area contributed by atoms with Crippen LogP contribution in [0.15, 0.2) is 23.1 Å². The maximum Gasteiger partial charge on any atom is 0.425 e. The number of ether oxygens (including phenoxy) is 2. The fourth-order valence-electron chi connectivity index (χ4n) is 2.98. The number of morpholine rings is 1. The summed E-state index contributed by atoms with van der Waals surface area (Å²) in [6.07, 6.45) is -7.78. The van der Waals surface area contributed by atoms with Crippen LogP contribution in [-0.4, -0.2) is 62.4 Å². The first-order chi connectivity index (χ1) is 12.1. The Kier molecular flexibility index (Phi) is 4.88. The zero-order valence-corrected chi connectivity index (χ0v) is 14.2. The summed E-state index contributed by atoms with van der Waals surface area (Å²) in [5.74, 6) is -3.25. The van der Waals surface area contributed by atoms with Gasteiger partial charge in [0.2, 0.25) is 10.0 Å². The molecule has 1 aromatic rings. The predicted octanol–water partition coefficient (Wildman–Crippen LogP) is 1.59. The second-order valence-electron chi connectivity index (χ2n) is 5.99. The Morgan fingerprint density at radius 1 is 1.23 bits per heavy atom. The van der Waals surface area contributed by atoms with Crippen LogP contribution >= 0.6 is 0 Å². The molecule has 0 aromatic heterocycles. The van der Waals surface area contributed by atoms with E-state index in [0.717, 1.165) is 18.2 Å². The molecule has 1 aromatic carbocycles. The number of hydrogen-bond donors (Lipinski definition) is 1. The molecule has 2 aliphatic heterocycles. The van der Waals surface area contributed by atoms with Crippen molar-refractivity contribution in [2.24, 2.45) is 0 Å². The number of benzene rings is 1. The summed E-state index contributed by atoms with van der Waals surface area (Å²) in [6, 6.07) is 3.29. The Labute approximate surface area is 147 Å². The summed E-state index contributed by atoms with van der Waals surface area (Å²) in [7, 11) is -3.90. The van der Waals surface area contributed by atoms with Gasteiger partial charge in [0.05, 0.1) is 24.0 Å². The van der Waals surface area contributed by atoms with Gasteiger partial charge in [-0.25, -0.2) is 8.42 Å². The van der Waals surface area contributed by atoms with E-state index >= 15 is 0 Å². The van der Waals surface area contributed by atoms with E-state index in [0.29, 0.717) is 0 Å². The van der Waals surface area contributed by atoms with Gasteiger partial charge in [-0.3, -0.25) is 4.79 Å². The Hall–Kier alpha value is -1.85. The van der Waals surface area contributed by atoms with Crippen molar-refractivity contribution in [2.75, 3.05) is 26.3 Å². The zero-order valence-electron chi connectivity index (χ0n) is 13.4. The van der Waals surface area contributed by atoms with Crippen LogP contribution in [0.25, 0.3) is 0 Å². The highest BCUT2D eigenvalue weighted by atomic mass is 32.2. The van der Waals surface area contributed by atoms with Gasteiger partial charge in [0.15, 0.2) is 6.10 Å². The molecular formula is C15H16F3NO6S. The molecule has 26 heavy (non-hydrogen) atoms. The fourth-order valence-corrected chi connectivity index (χ4v) is 4.42. The average molecular weight is 395 g/mol. The van der Waals surface area contributed by atoms with Gasteiger partial charge in [0, 0.05) is 25.1 Å². The van der Waals surface area contributed by atoms with Crippen LogP contribution < -0.4 is 4.74 Å². The summed E-state index contributed by atoms with van der Waals surface area (Å²) in [6.45, 7) is 0.763. The molecule has 2 unspecified atom stereocenters. The van der Waals surface area contributed by atoms with E-state index in [4.69, 9.17) is 9.47 Å². The SMILES string of the molecule is O=C(O)C1CC(C(F)(F)F)Oc2ccc(S(=O)(=O)N3CCOCC3)cc21. The van der Waals surface area contributed by atoms with Gasteiger partial charge < -0.3 is 14.6 Å². The van der Waals surface area contributed by atoms with Crippen molar-refractivity contribution in [1.82, 2.24) is 4.31 Å². The highest BCUT2D eigenvalue weighted by Gasteiger charge is 2.48. The molecule has 11 heteroatoms. The van der Waals surface area contributed by atoms with Gasteiger partial charge in [0.1, 0.15) is 5.75 Å². The molecule has 1 fully saturated rings. The predicted molar refractivity (Wildman–Crippen MR) is 81.5 cm³/mol. The number of carbonyl (C=O) groups is 1. The summed E-state index contributed by atoms with van der Waals surface area (Å²) in [5, 5.41) is 9.31. The molecule has 0 aliphatic carbocycles. The molecule has 0 spiro atoms. The highest BCUT2D eigenvalue weighted by Crippen LogP contribution is 2.42. The Bertz CT molecular complexity index is 804. The van der Waals surface area contributed by atoms with Crippen molar-refractivity contribution < 1.29 is 41.0 Å². The number of alkyl halides is 3. The summed E-state index contributed by atoms with van der Waals surface area (Å²) in [4.78, 5) is 11.3. The van der Waals surface area contributed by atoms with Crippen molar-refractivity contribution in [3.05, 3.63) is 23.8 Å². The standard InChI is InChI=1S/C15H16F3NO6S/c16-15(17,18)13-8-11(14(20)21)10-7-9(1-2-12(10)25-13)26(22,23)19-3-5-24-6-4-19/h1-2,7,11,13H,3-6,8H2,(H,20,21). The first-order valence-electron chi connectivity index (χ1n) is 7.78. The average Bonchev–Trinajstić information content (AvgIpc) is 2.60. The van der Waals surface area contributed by atoms with E-state index in [-0.39, 0.29) is 42.5 Å². The normalized spacial score (nSPS) is 24.6. The molecule has 0 amide bonds. The van der Waals surface area contributed by atoms with Crippen LogP contribution in [0.2, 0.25) is 0 Å². The van der Waals surface area contributed by atoms with Crippen LogP contribution in [0.4, 0.5) is 13.2 Å². The van der Waals surface area contributed by atoms with Crippen molar-refractivity contribution in [3.63, 3.8) is 0 Å². The van der Waals surface area contributed by atoms with E-state index < -0.39 is 40.6 Å². The molecule has 7 nitrogen and oxygen atoms in total.